The van der Waals surface area contributed by atoms with E-state index in [4.69, 9.17) is 0 Å². The number of rotatable bonds is 7. The number of benzene rings is 1. The van der Waals surface area contributed by atoms with E-state index in [0.717, 1.165) is 63.0 Å². The summed E-state index contributed by atoms with van der Waals surface area (Å²) in [6.07, 6.45) is 4.15. The Hall–Kier alpha value is -2.10. The zero-order chi connectivity index (χ0) is 20.5. The van der Waals surface area contributed by atoms with Crippen molar-refractivity contribution in [2.75, 3.05) is 49.6 Å². The molecule has 1 aliphatic rings. The Bertz CT molecular complexity index is 790. The number of anilines is 2. The molecule has 6 nitrogen and oxygen atoms in total. The highest BCUT2D eigenvalue weighted by molar-refractivity contribution is 14.0. The van der Waals surface area contributed by atoms with Crippen LogP contribution in [0.15, 0.2) is 47.6 Å². The van der Waals surface area contributed by atoms with Gasteiger partial charge in [-0.2, -0.15) is 0 Å². The molecule has 0 radical (unpaired) electrons. The topological polar surface area (TPSA) is 55.8 Å². The molecule has 0 spiro atoms. The van der Waals surface area contributed by atoms with Crippen LogP contribution < -0.4 is 20.4 Å². The lowest BCUT2D eigenvalue weighted by Crippen LogP contribution is -2.46. The summed E-state index contributed by atoms with van der Waals surface area (Å²) in [7, 11) is 1.79. The number of hydrogen-bond acceptors (Lipinski definition) is 4. The van der Waals surface area contributed by atoms with Gasteiger partial charge >= 0.3 is 0 Å². The SMILES string of the molecule is CCCCNC(=NC)NCc1ccnc(N2CCN(c3ccc(F)cc3)CC2)c1.I. The zero-order valence-electron chi connectivity index (χ0n) is 17.8. The quantitative estimate of drug-likeness (QED) is 0.250. The molecule has 0 saturated carbocycles. The maximum atomic E-state index is 13.1. The Morgan fingerprint density at radius 3 is 2.43 bits per heavy atom. The second-order valence-corrected chi connectivity index (χ2v) is 7.18. The number of nitrogens with one attached hydrogen (secondary N) is 2. The van der Waals surface area contributed by atoms with Gasteiger partial charge < -0.3 is 20.4 Å². The van der Waals surface area contributed by atoms with Gasteiger partial charge in [0.15, 0.2) is 5.96 Å². The molecule has 1 fully saturated rings. The van der Waals surface area contributed by atoms with Gasteiger partial charge in [-0.1, -0.05) is 13.3 Å². The standard InChI is InChI=1S/C22H31FN6.HI/c1-3-4-10-26-22(24-2)27-17-18-9-11-25-21(16-18)29-14-12-28(13-15-29)20-7-5-19(23)6-8-20;/h5-9,11,16H,3-4,10,12-15,17H2,1-2H3,(H2,24,26,27);1H. The molecule has 1 aromatic carbocycles. The van der Waals surface area contributed by atoms with Crippen LogP contribution in [0.3, 0.4) is 0 Å². The third-order valence-corrected chi connectivity index (χ3v) is 5.11. The summed E-state index contributed by atoms with van der Waals surface area (Å²) in [5, 5.41) is 6.69. The van der Waals surface area contributed by atoms with Gasteiger partial charge in [0.1, 0.15) is 11.6 Å². The summed E-state index contributed by atoms with van der Waals surface area (Å²) in [5.41, 5.74) is 2.24. The van der Waals surface area contributed by atoms with E-state index in [-0.39, 0.29) is 29.8 Å². The molecule has 0 aliphatic carbocycles. The fraction of sp³-hybridized carbons (Fsp3) is 0.455. The lowest BCUT2D eigenvalue weighted by molar-refractivity contribution is 0.624. The molecule has 0 bridgehead atoms. The first kappa shape index (κ1) is 24.2. The van der Waals surface area contributed by atoms with Crippen molar-refractivity contribution in [3.05, 3.63) is 54.0 Å². The minimum atomic E-state index is -0.196. The maximum Gasteiger partial charge on any atom is 0.191 e. The summed E-state index contributed by atoms with van der Waals surface area (Å²) in [5.74, 6) is 1.63. The predicted molar refractivity (Wildman–Crippen MR) is 134 cm³/mol. The average molecular weight is 526 g/mol. The van der Waals surface area contributed by atoms with Crippen LogP contribution in [0, 0.1) is 5.82 Å². The minimum absolute atomic E-state index is 0. The first-order valence-corrected chi connectivity index (χ1v) is 10.3. The first-order chi connectivity index (χ1) is 14.2. The second-order valence-electron chi connectivity index (χ2n) is 7.18. The second kappa shape index (κ2) is 12.6. The molecule has 2 aromatic rings. The van der Waals surface area contributed by atoms with Crippen molar-refractivity contribution in [2.24, 2.45) is 4.99 Å². The number of halogens is 2. The third-order valence-electron chi connectivity index (χ3n) is 5.11. The van der Waals surface area contributed by atoms with E-state index >= 15 is 0 Å². The number of piperazine rings is 1. The monoisotopic (exact) mass is 526 g/mol. The number of aromatic nitrogens is 1. The lowest BCUT2D eigenvalue weighted by Gasteiger charge is -2.36. The van der Waals surface area contributed by atoms with Crippen molar-refractivity contribution in [2.45, 2.75) is 26.3 Å². The Labute approximate surface area is 196 Å². The van der Waals surface area contributed by atoms with Gasteiger partial charge in [0, 0.05) is 58.2 Å². The summed E-state index contributed by atoms with van der Waals surface area (Å²) < 4.78 is 13.1. The molecular formula is C22H32FIN6. The highest BCUT2D eigenvalue weighted by Crippen LogP contribution is 2.20. The van der Waals surface area contributed by atoms with Crippen LogP contribution >= 0.6 is 24.0 Å². The van der Waals surface area contributed by atoms with Gasteiger partial charge in [-0.25, -0.2) is 9.37 Å². The molecule has 0 unspecified atom stereocenters. The molecule has 2 heterocycles. The summed E-state index contributed by atoms with van der Waals surface area (Å²) in [4.78, 5) is 13.4. The molecule has 0 atom stereocenters. The Kier molecular flexibility index (Phi) is 10.1. The van der Waals surface area contributed by atoms with E-state index in [0.29, 0.717) is 6.54 Å². The molecule has 3 rings (SSSR count). The van der Waals surface area contributed by atoms with Crippen molar-refractivity contribution in [3.8, 4) is 0 Å². The fourth-order valence-electron chi connectivity index (χ4n) is 3.38. The predicted octanol–water partition coefficient (Wildman–Crippen LogP) is 3.63. The van der Waals surface area contributed by atoms with E-state index in [9.17, 15) is 4.39 Å². The Morgan fingerprint density at radius 1 is 1.07 bits per heavy atom. The van der Waals surface area contributed by atoms with E-state index < -0.39 is 0 Å². The largest absolute Gasteiger partial charge is 0.368 e. The molecule has 1 aliphatic heterocycles. The van der Waals surface area contributed by atoms with Crippen LogP contribution in [0.4, 0.5) is 15.9 Å². The van der Waals surface area contributed by atoms with Crippen LogP contribution in [0.2, 0.25) is 0 Å². The smallest absolute Gasteiger partial charge is 0.191 e. The molecule has 8 heteroatoms. The van der Waals surface area contributed by atoms with Crippen molar-refractivity contribution < 1.29 is 4.39 Å². The number of guanidine groups is 1. The lowest BCUT2D eigenvalue weighted by atomic mass is 10.2. The molecule has 164 valence electrons. The Balaban J connectivity index is 0.00000320. The molecule has 0 amide bonds. The van der Waals surface area contributed by atoms with Gasteiger partial charge in [0.25, 0.3) is 0 Å². The molecule has 1 saturated heterocycles. The number of pyridine rings is 1. The van der Waals surface area contributed by atoms with Crippen LogP contribution in [0.25, 0.3) is 0 Å². The highest BCUT2D eigenvalue weighted by atomic mass is 127. The average Bonchev–Trinajstić information content (AvgIpc) is 2.77. The van der Waals surface area contributed by atoms with Crippen molar-refractivity contribution >= 4 is 41.4 Å². The number of hydrogen-bond donors (Lipinski definition) is 2. The maximum absolute atomic E-state index is 13.1. The molecular weight excluding hydrogens is 494 g/mol. The van der Waals surface area contributed by atoms with Gasteiger partial charge in [-0.05, 0) is 48.4 Å². The molecule has 30 heavy (non-hydrogen) atoms. The van der Waals surface area contributed by atoms with Crippen LogP contribution in [0.1, 0.15) is 25.3 Å². The van der Waals surface area contributed by atoms with E-state index in [1.54, 1.807) is 7.05 Å². The summed E-state index contributed by atoms with van der Waals surface area (Å²) in [6, 6.07) is 10.9. The van der Waals surface area contributed by atoms with E-state index in [1.165, 1.54) is 17.7 Å². The van der Waals surface area contributed by atoms with Crippen LogP contribution in [-0.4, -0.2) is 50.7 Å². The first-order valence-electron chi connectivity index (χ1n) is 10.3. The van der Waals surface area contributed by atoms with Gasteiger partial charge in [-0.15, -0.1) is 24.0 Å². The van der Waals surface area contributed by atoms with Crippen molar-refractivity contribution in [1.29, 1.82) is 0 Å². The van der Waals surface area contributed by atoms with Crippen LogP contribution in [-0.2, 0) is 6.54 Å². The van der Waals surface area contributed by atoms with E-state index in [1.807, 2.05) is 24.4 Å². The normalized spacial score (nSPS) is 14.3. The molecule has 2 N–H and O–H groups in total. The number of aliphatic imine (C=N–C) groups is 1. The van der Waals surface area contributed by atoms with Gasteiger partial charge in [-0.3, -0.25) is 4.99 Å². The molecule has 1 aromatic heterocycles. The third kappa shape index (κ3) is 7.00. The van der Waals surface area contributed by atoms with E-state index in [2.05, 4.69) is 43.4 Å². The zero-order valence-corrected chi connectivity index (χ0v) is 20.1. The number of nitrogens with zero attached hydrogens (tertiary/aromatic N) is 4. The van der Waals surface area contributed by atoms with Gasteiger partial charge in [0.2, 0.25) is 0 Å². The van der Waals surface area contributed by atoms with Crippen LogP contribution in [0.5, 0.6) is 0 Å². The summed E-state index contributed by atoms with van der Waals surface area (Å²) in [6.45, 7) is 7.37. The number of unbranched alkanes of at least 4 members (excludes halogenated alkanes) is 1. The van der Waals surface area contributed by atoms with Crippen molar-refractivity contribution in [3.63, 3.8) is 0 Å². The van der Waals surface area contributed by atoms with Gasteiger partial charge in [0.05, 0.1) is 0 Å². The fourth-order valence-corrected chi connectivity index (χ4v) is 3.38. The minimum Gasteiger partial charge on any atom is -0.368 e. The summed E-state index contributed by atoms with van der Waals surface area (Å²) >= 11 is 0. The van der Waals surface area contributed by atoms with Crippen molar-refractivity contribution in [1.82, 2.24) is 15.6 Å². The highest BCUT2D eigenvalue weighted by Gasteiger charge is 2.18. The Morgan fingerprint density at radius 2 is 1.77 bits per heavy atom.